The van der Waals surface area contributed by atoms with Crippen molar-refractivity contribution >= 4 is 17.4 Å². The molecule has 6 rings (SSSR count). The highest BCUT2D eigenvalue weighted by Crippen LogP contribution is 2.29. The molecule has 0 atom stereocenters. The summed E-state index contributed by atoms with van der Waals surface area (Å²) in [7, 11) is 1.66. The van der Waals surface area contributed by atoms with Gasteiger partial charge in [0.25, 0.3) is 5.91 Å². The van der Waals surface area contributed by atoms with Crippen LogP contribution in [0.1, 0.15) is 10.6 Å². The molecule has 36 heavy (non-hydrogen) atoms. The molecule has 0 saturated carbocycles. The third kappa shape index (κ3) is 4.07. The molecule has 0 aliphatic carbocycles. The van der Waals surface area contributed by atoms with E-state index in [1.807, 2.05) is 57.9 Å². The zero-order valence-corrected chi connectivity index (χ0v) is 19.9. The summed E-state index contributed by atoms with van der Waals surface area (Å²) in [6.07, 6.45) is 1.53. The van der Waals surface area contributed by atoms with Gasteiger partial charge < -0.3 is 19.0 Å². The summed E-state index contributed by atoms with van der Waals surface area (Å²) in [5.41, 5.74) is 4.46. The summed E-state index contributed by atoms with van der Waals surface area (Å²) < 4.78 is 12.6. The van der Waals surface area contributed by atoms with Crippen LogP contribution in [0.25, 0.3) is 28.2 Å². The monoisotopic (exact) mass is 479 g/mol. The molecule has 1 fully saturated rings. The first-order valence-corrected chi connectivity index (χ1v) is 11.9. The summed E-state index contributed by atoms with van der Waals surface area (Å²) in [6, 6.07) is 25.5. The molecule has 2 aromatic carbocycles. The lowest BCUT2D eigenvalue weighted by Crippen LogP contribution is -2.49. The van der Waals surface area contributed by atoms with Crippen LogP contribution >= 0.6 is 0 Å². The van der Waals surface area contributed by atoms with E-state index < -0.39 is 0 Å². The van der Waals surface area contributed by atoms with E-state index in [0.29, 0.717) is 31.9 Å². The number of nitrogens with zero attached hydrogens (tertiary/aromatic N) is 5. The Morgan fingerprint density at radius 3 is 2.42 bits per heavy atom. The Morgan fingerprint density at radius 1 is 0.861 bits per heavy atom. The van der Waals surface area contributed by atoms with Gasteiger partial charge in [-0.25, -0.2) is 4.98 Å². The minimum Gasteiger partial charge on any atom is -0.497 e. The summed E-state index contributed by atoms with van der Waals surface area (Å²) in [4.78, 5) is 21.8. The number of carbonyl (C=O) groups excluding carboxylic acids is 1. The van der Waals surface area contributed by atoms with E-state index in [-0.39, 0.29) is 5.91 Å². The van der Waals surface area contributed by atoms with E-state index in [1.54, 1.807) is 19.2 Å². The van der Waals surface area contributed by atoms with Crippen LogP contribution in [0.3, 0.4) is 0 Å². The zero-order chi connectivity index (χ0) is 24.5. The van der Waals surface area contributed by atoms with E-state index in [1.165, 1.54) is 6.26 Å². The number of aromatic nitrogens is 3. The Bertz CT molecular complexity index is 1500. The van der Waals surface area contributed by atoms with Crippen molar-refractivity contribution in [3.63, 3.8) is 0 Å². The van der Waals surface area contributed by atoms with Crippen LogP contribution in [0, 0.1) is 0 Å². The quantitative estimate of drug-likeness (QED) is 0.366. The van der Waals surface area contributed by atoms with E-state index in [2.05, 4.69) is 23.1 Å². The van der Waals surface area contributed by atoms with E-state index in [0.717, 1.165) is 39.7 Å². The van der Waals surface area contributed by atoms with Gasteiger partial charge in [-0.05, 0) is 24.3 Å². The average Bonchev–Trinajstić information content (AvgIpc) is 3.63. The molecule has 8 nitrogen and oxygen atoms in total. The van der Waals surface area contributed by atoms with Crippen LogP contribution < -0.4 is 9.64 Å². The largest absolute Gasteiger partial charge is 0.497 e. The number of rotatable bonds is 5. The second kappa shape index (κ2) is 9.22. The summed E-state index contributed by atoms with van der Waals surface area (Å²) >= 11 is 0. The molecule has 8 heteroatoms. The molecule has 1 amide bonds. The second-order valence-corrected chi connectivity index (χ2v) is 8.65. The lowest BCUT2D eigenvalue weighted by atomic mass is 10.1. The first-order chi connectivity index (χ1) is 17.7. The van der Waals surface area contributed by atoms with Gasteiger partial charge in [0.05, 0.1) is 24.8 Å². The number of hydrogen-bond acceptors (Lipinski definition) is 6. The van der Waals surface area contributed by atoms with Crippen LogP contribution in [0.2, 0.25) is 0 Å². The standard InChI is InChI=1S/C28H25N5O3/c1-35-22-10-5-9-21(17-22)24-18-26-29-23(20-7-3-2-4-8-20)19-27(33(26)30-24)31-12-14-32(15-13-31)28(34)25-11-6-16-36-25/h2-11,16-19H,12-15H2,1H3. The summed E-state index contributed by atoms with van der Waals surface area (Å²) in [5, 5.41) is 4.92. The first-order valence-electron chi connectivity index (χ1n) is 11.9. The van der Waals surface area contributed by atoms with Crippen molar-refractivity contribution < 1.29 is 13.9 Å². The number of piperazine rings is 1. The number of furan rings is 1. The maximum atomic E-state index is 12.7. The lowest BCUT2D eigenvalue weighted by Gasteiger charge is -2.35. The van der Waals surface area contributed by atoms with Crippen molar-refractivity contribution in [2.75, 3.05) is 38.2 Å². The van der Waals surface area contributed by atoms with E-state index in [4.69, 9.17) is 19.2 Å². The summed E-state index contributed by atoms with van der Waals surface area (Å²) in [6.45, 7) is 2.53. The number of anilines is 1. The number of ether oxygens (including phenoxy) is 1. The molecule has 1 aliphatic heterocycles. The second-order valence-electron chi connectivity index (χ2n) is 8.65. The predicted octanol–water partition coefficient (Wildman–Crippen LogP) is 4.63. The Morgan fingerprint density at radius 2 is 1.67 bits per heavy atom. The van der Waals surface area contributed by atoms with Crippen LogP contribution in [0.4, 0.5) is 5.82 Å². The molecule has 1 saturated heterocycles. The molecule has 1 aliphatic rings. The average molecular weight is 480 g/mol. The Labute approximate surface area is 208 Å². The van der Waals surface area contributed by atoms with Gasteiger partial charge in [-0.3, -0.25) is 4.79 Å². The molecule has 0 spiro atoms. The van der Waals surface area contributed by atoms with Crippen LogP contribution in [0.15, 0.2) is 89.5 Å². The SMILES string of the molecule is COc1cccc(-c2cc3nc(-c4ccccc4)cc(N4CCN(C(=O)c5ccco5)CC4)n3n2)c1. The molecule has 3 aromatic heterocycles. The van der Waals surface area contributed by atoms with Gasteiger partial charge in [-0.1, -0.05) is 42.5 Å². The molecule has 5 aromatic rings. The number of benzene rings is 2. The highest BCUT2D eigenvalue weighted by molar-refractivity contribution is 5.91. The molecular weight excluding hydrogens is 454 g/mol. The number of methoxy groups -OCH3 is 1. The third-order valence-electron chi connectivity index (χ3n) is 6.47. The van der Waals surface area contributed by atoms with Gasteiger partial charge in [0, 0.05) is 49.4 Å². The molecular formula is C28H25N5O3. The van der Waals surface area contributed by atoms with Crippen LogP contribution in [-0.2, 0) is 0 Å². The van der Waals surface area contributed by atoms with Crippen molar-refractivity contribution in [2.45, 2.75) is 0 Å². The minimum absolute atomic E-state index is 0.0797. The number of carbonyl (C=O) groups is 1. The topological polar surface area (TPSA) is 76.1 Å². The lowest BCUT2D eigenvalue weighted by molar-refractivity contribution is 0.0714. The number of fused-ring (bicyclic) bond motifs is 1. The van der Waals surface area contributed by atoms with Gasteiger partial charge in [0.15, 0.2) is 11.4 Å². The normalized spacial score (nSPS) is 13.8. The highest BCUT2D eigenvalue weighted by Gasteiger charge is 2.26. The third-order valence-corrected chi connectivity index (χ3v) is 6.47. The molecule has 0 bridgehead atoms. The van der Waals surface area contributed by atoms with Gasteiger partial charge >= 0.3 is 0 Å². The van der Waals surface area contributed by atoms with Crippen LogP contribution in [-0.4, -0.2) is 58.7 Å². The van der Waals surface area contributed by atoms with Crippen molar-refractivity contribution in [1.29, 1.82) is 0 Å². The molecule has 0 unspecified atom stereocenters. The fourth-order valence-electron chi connectivity index (χ4n) is 4.56. The molecule has 0 radical (unpaired) electrons. The molecule has 4 heterocycles. The Balaban J connectivity index is 1.37. The van der Waals surface area contributed by atoms with Crippen molar-refractivity contribution in [1.82, 2.24) is 19.5 Å². The highest BCUT2D eigenvalue weighted by atomic mass is 16.5. The van der Waals surface area contributed by atoms with Crippen molar-refractivity contribution in [3.8, 4) is 28.3 Å². The van der Waals surface area contributed by atoms with Crippen molar-refractivity contribution in [2.24, 2.45) is 0 Å². The first kappa shape index (κ1) is 21.9. The maximum absolute atomic E-state index is 12.7. The fraction of sp³-hybridized carbons (Fsp3) is 0.179. The van der Waals surface area contributed by atoms with E-state index in [9.17, 15) is 4.79 Å². The van der Waals surface area contributed by atoms with E-state index >= 15 is 0 Å². The van der Waals surface area contributed by atoms with Gasteiger partial charge in [-0.2, -0.15) is 9.61 Å². The minimum atomic E-state index is -0.0797. The van der Waals surface area contributed by atoms with Gasteiger partial charge in [-0.15, -0.1) is 0 Å². The van der Waals surface area contributed by atoms with Gasteiger partial charge in [0.2, 0.25) is 0 Å². The Kier molecular flexibility index (Phi) is 5.61. The molecule has 180 valence electrons. The Hall–Kier alpha value is -4.59. The summed E-state index contributed by atoms with van der Waals surface area (Å²) in [5.74, 6) is 2.01. The predicted molar refractivity (Wildman–Crippen MR) is 137 cm³/mol. The molecule has 0 N–H and O–H groups in total. The van der Waals surface area contributed by atoms with Crippen molar-refractivity contribution in [3.05, 3.63) is 90.9 Å². The fourth-order valence-corrected chi connectivity index (χ4v) is 4.56. The van der Waals surface area contributed by atoms with Crippen LogP contribution in [0.5, 0.6) is 5.75 Å². The maximum Gasteiger partial charge on any atom is 0.289 e. The number of amides is 1. The zero-order valence-electron chi connectivity index (χ0n) is 19.9. The smallest absolute Gasteiger partial charge is 0.289 e. The number of hydrogen-bond donors (Lipinski definition) is 0. The van der Waals surface area contributed by atoms with Gasteiger partial charge in [0.1, 0.15) is 11.6 Å².